The van der Waals surface area contributed by atoms with Crippen LogP contribution < -0.4 is 15.1 Å². The first-order chi connectivity index (χ1) is 23.9. The number of aryl methyl sites for hydroxylation is 1. The standard InChI is InChI=1S/C37H44F3N7O3/c1-4-34(49)47-18-17-46(23-28(47)11-14-41)33-21-30(36(50)42-26(3)22-44(19-20-48)16-13-37(38,39)40)43-31-24-45(15-12-29(31)33)32-10-6-9-27-8-5-7-25(2)35(27)32/h4-10,21,26,28,48H,1,11-13,15-20,22-24H2,2-3H3,(H,42,50)/t26-,28+/m1/s1. The molecule has 0 aliphatic carbocycles. The Morgan fingerprint density at radius 1 is 1.16 bits per heavy atom. The fourth-order valence-corrected chi connectivity index (χ4v) is 7.11. The van der Waals surface area contributed by atoms with Crippen LogP contribution >= 0.6 is 0 Å². The van der Waals surface area contributed by atoms with E-state index in [1.54, 1.807) is 17.9 Å². The van der Waals surface area contributed by atoms with Crippen molar-refractivity contribution in [2.75, 3.05) is 62.2 Å². The number of nitriles is 1. The predicted molar refractivity (Wildman–Crippen MR) is 187 cm³/mol. The number of hydrogen-bond donors (Lipinski definition) is 2. The van der Waals surface area contributed by atoms with Gasteiger partial charge in [0.25, 0.3) is 5.91 Å². The molecule has 1 fully saturated rings. The molecule has 5 rings (SSSR count). The third kappa shape index (κ3) is 8.54. The van der Waals surface area contributed by atoms with E-state index >= 15 is 0 Å². The van der Waals surface area contributed by atoms with Gasteiger partial charge in [-0.05, 0) is 49.4 Å². The number of benzene rings is 2. The minimum absolute atomic E-state index is 0.0468. The Hall–Kier alpha value is -4.67. The minimum atomic E-state index is -4.33. The molecule has 2 atom stereocenters. The number of fused-ring (bicyclic) bond motifs is 2. The molecule has 50 heavy (non-hydrogen) atoms. The molecular weight excluding hydrogens is 647 g/mol. The zero-order valence-electron chi connectivity index (χ0n) is 28.5. The Morgan fingerprint density at radius 2 is 1.92 bits per heavy atom. The van der Waals surface area contributed by atoms with Gasteiger partial charge in [-0.15, -0.1) is 0 Å². The molecule has 2 aliphatic rings. The zero-order valence-corrected chi connectivity index (χ0v) is 28.5. The molecular formula is C37H44F3N7O3. The van der Waals surface area contributed by atoms with Crippen LogP contribution in [0.5, 0.6) is 0 Å². The number of nitrogens with zero attached hydrogens (tertiary/aromatic N) is 6. The lowest BCUT2D eigenvalue weighted by atomic mass is 9.97. The smallest absolute Gasteiger partial charge is 0.390 e. The van der Waals surface area contributed by atoms with E-state index in [0.29, 0.717) is 39.1 Å². The molecule has 1 saturated heterocycles. The van der Waals surface area contributed by atoms with Crippen LogP contribution in [0.2, 0.25) is 0 Å². The van der Waals surface area contributed by atoms with Crippen LogP contribution in [0.15, 0.2) is 55.1 Å². The first-order valence-electron chi connectivity index (χ1n) is 16.9. The molecule has 1 aromatic heterocycles. The molecule has 0 spiro atoms. The van der Waals surface area contributed by atoms with Crippen LogP contribution in [0.1, 0.15) is 47.1 Å². The van der Waals surface area contributed by atoms with Gasteiger partial charge in [0.05, 0.1) is 43.8 Å². The van der Waals surface area contributed by atoms with Crippen molar-refractivity contribution in [1.29, 1.82) is 5.26 Å². The molecule has 0 bridgehead atoms. The molecule has 2 aromatic carbocycles. The van der Waals surface area contributed by atoms with Gasteiger partial charge in [0.15, 0.2) is 0 Å². The second kappa shape index (κ2) is 15.9. The lowest BCUT2D eigenvalue weighted by Crippen LogP contribution is -2.55. The van der Waals surface area contributed by atoms with E-state index in [1.165, 1.54) is 11.0 Å². The lowest BCUT2D eigenvalue weighted by Gasteiger charge is -2.43. The van der Waals surface area contributed by atoms with Gasteiger partial charge in [0, 0.05) is 74.2 Å². The summed E-state index contributed by atoms with van der Waals surface area (Å²) in [6.45, 7) is 9.39. The number of alkyl halides is 3. The van der Waals surface area contributed by atoms with E-state index in [2.05, 4.69) is 59.0 Å². The van der Waals surface area contributed by atoms with E-state index in [4.69, 9.17) is 4.98 Å². The number of halogens is 3. The number of aliphatic hydroxyl groups is 1. The number of carbonyl (C=O) groups excluding carboxylic acids is 2. The summed E-state index contributed by atoms with van der Waals surface area (Å²) in [5.74, 6) is -0.698. The SMILES string of the molecule is C=CC(=O)N1CCN(c2cc(C(=O)N[C@H](C)CN(CCO)CCC(F)(F)F)nc3c2CCN(c2cccc4cccc(C)c24)C3)C[C@@H]1CC#N. The van der Waals surface area contributed by atoms with Crippen molar-refractivity contribution in [2.24, 2.45) is 0 Å². The van der Waals surface area contributed by atoms with Crippen molar-refractivity contribution < 1.29 is 27.9 Å². The first kappa shape index (κ1) is 36.6. The van der Waals surface area contributed by atoms with Crippen molar-refractivity contribution in [3.8, 4) is 6.07 Å². The van der Waals surface area contributed by atoms with Crippen LogP contribution in [-0.4, -0.2) is 102 Å². The Kier molecular flexibility index (Phi) is 11.6. The summed E-state index contributed by atoms with van der Waals surface area (Å²) in [5, 5.41) is 24.2. The number of rotatable bonds is 12. The Morgan fingerprint density at radius 3 is 2.62 bits per heavy atom. The fraction of sp³-hybridized carbons (Fsp3) is 0.459. The van der Waals surface area contributed by atoms with Crippen molar-refractivity contribution >= 4 is 34.0 Å². The summed E-state index contributed by atoms with van der Waals surface area (Å²) < 4.78 is 38.8. The van der Waals surface area contributed by atoms with Crippen molar-refractivity contribution in [2.45, 2.75) is 57.9 Å². The average molecular weight is 692 g/mol. The monoisotopic (exact) mass is 691 g/mol. The number of aliphatic hydroxyl groups excluding tert-OH is 1. The minimum Gasteiger partial charge on any atom is -0.395 e. The van der Waals surface area contributed by atoms with Crippen LogP contribution in [0, 0.1) is 18.3 Å². The van der Waals surface area contributed by atoms with E-state index in [0.717, 1.165) is 39.0 Å². The third-order valence-electron chi connectivity index (χ3n) is 9.47. The van der Waals surface area contributed by atoms with Gasteiger partial charge in [-0.1, -0.05) is 36.9 Å². The second-order valence-electron chi connectivity index (χ2n) is 13.0. The molecule has 266 valence electrons. The highest BCUT2D eigenvalue weighted by Gasteiger charge is 2.33. The van der Waals surface area contributed by atoms with E-state index in [1.807, 2.05) is 12.1 Å². The molecule has 3 heterocycles. The molecule has 10 nitrogen and oxygen atoms in total. The van der Waals surface area contributed by atoms with Crippen molar-refractivity contribution in [3.05, 3.63) is 77.6 Å². The number of amides is 2. The predicted octanol–water partition coefficient (Wildman–Crippen LogP) is 4.59. The summed E-state index contributed by atoms with van der Waals surface area (Å²) in [5.41, 5.74) is 4.97. The Balaban J connectivity index is 1.46. The largest absolute Gasteiger partial charge is 0.395 e. The zero-order chi connectivity index (χ0) is 36.0. The summed E-state index contributed by atoms with van der Waals surface area (Å²) in [6, 6.07) is 15.5. The quantitative estimate of drug-likeness (QED) is 0.265. The van der Waals surface area contributed by atoms with Gasteiger partial charge >= 0.3 is 6.18 Å². The summed E-state index contributed by atoms with van der Waals surface area (Å²) in [7, 11) is 0. The number of aromatic nitrogens is 1. The molecule has 0 saturated carbocycles. The average Bonchev–Trinajstić information content (AvgIpc) is 3.09. The second-order valence-corrected chi connectivity index (χ2v) is 13.0. The van der Waals surface area contributed by atoms with Gasteiger partial charge in [0.2, 0.25) is 5.91 Å². The van der Waals surface area contributed by atoms with E-state index < -0.39 is 24.5 Å². The topological polar surface area (TPSA) is 116 Å². The van der Waals surface area contributed by atoms with Gasteiger partial charge in [-0.25, -0.2) is 4.98 Å². The highest BCUT2D eigenvalue weighted by atomic mass is 19.4. The highest BCUT2D eigenvalue weighted by molar-refractivity contribution is 5.97. The maximum absolute atomic E-state index is 13.8. The van der Waals surface area contributed by atoms with E-state index in [-0.39, 0.29) is 50.3 Å². The normalized spacial score (nSPS) is 17.0. The van der Waals surface area contributed by atoms with Gasteiger partial charge in [0.1, 0.15) is 5.69 Å². The molecule has 0 radical (unpaired) electrons. The Bertz CT molecular complexity index is 1750. The van der Waals surface area contributed by atoms with Crippen LogP contribution in [0.4, 0.5) is 24.5 Å². The Labute approximate surface area is 290 Å². The van der Waals surface area contributed by atoms with Crippen molar-refractivity contribution in [1.82, 2.24) is 20.1 Å². The third-order valence-corrected chi connectivity index (χ3v) is 9.47. The van der Waals surface area contributed by atoms with Gasteiger partial charge in [-0.2, -0.15) is 18.4 Å². The molecule has 0 unspecified atom stereocenters. The number of anilines is 2. The number of hydrogen-bond acceptors (Lipinski definition) is 8. The molecule has 2 amide bonds. The summed E-state index contributed by atoms with van der Waals surface area (Å²) >= 11 is 0. The highest BCUT2D eigenvalue weighted by Crippen LogP contribution is 2.36. The maximum atomic E-state index is 13.8. The first-order valence-corrected chi connectivity index (χ1v) is 16.9. The van der Waals surface area contributed by atoms with E-state index in [9.17, 15) is 33.1 Å². The number of piperazine rings is 1. The van der Waals surface area contributed by atoms with Crippen LogP contribution in [0.3, 0.4) is 0 Å². The summed E-state index contributed by atoms with van der Waals surface area (Å²) in [6.07, 6.45) is -3.30. The molecule has 13 heteroatoms. The fourth-order valence-electron chi connectivity index (χ4n) is 7.11. The maximum Gasteiger partial charge on any atom is 0.390 e. The summed E-state index contributed by atoms with van der Waals surface area (Å²) in [4.78, 5) is 38.8. The number of nitrogens with one attached hydrogen (secondary N) is 1. The number of pyridine rings is 1. The molecule has 2 aliphatic heterocycles. The molecule has 2 N–H and O–H groups in total. The van der Waals surface area contributed by atoms with Crippen LogP contribution in [0.25, 0.3) is 10.8 Å². The van der Waals surface area contributed by atoms with Gasteiger partial charge < -0.3 is 25.1 Å². The van der Waals surface area contributed by atoms with Crippen molar-refractivity contribution in [3.63, 3.8) is 0 Å². The lowest BCUT2D eigenvalue weighted by molar-refractivity contribution is -0.138. The van der Waals surface area contributed by atoms with Crippen LogP contribution in [-0.2, 0) is 17.8 Å². The number of carbonyl (C=O) groups is 2. The van der Waals surface area contributed by atoms with Gasteiger partial charge in [-0.3, -0.25) is 14.5 Å². The molecule has 3 aromatic rings.